The van der Waals surface area contributed by atoms with Gasteiger partial charge in [0.25, 0.3) is 0 Å². The smallest absolute Gasteiger partial charge is 0.259 e. The van der Waals surface area contributed by atoms with Crippen molar-refractivity contribution in [3.8, 4) is 6.07 Å². The van der Waals surface area contributed by atoms with E-state index >= 15 is 0 Å². The van der Waals surface area contributed by atoms with Gasteiger partial charge in [0, 0.05) is 6.20 Å². The molecule has 1 aromatic heterocycles. The van der Waals surface area contributed by atoms with Crippen molar-refractivity contribution in [1.82, 2.24) is 4.98 Å². The number of nitriles is 1. The van der Waals surface area contributed by atoms with Crippen LogP contribution in [0.3, 0.4) is 0 Å². The average Bonchev–Trinajstić information content (AvgIpc) is 2.26. The summed E-state index contributed by atoms with van der Waals surface area (Å²) >= 11 is 0. The van der Waals surface area contributed by atoms with Gasteiger partial charge >= 0.3 is 6.18 Å². The Morgan fingerprint density at radius 3 is 2.56 bits per heavy atom. The van der Waals surface area contributed by atoms with Crippen LogP contribution in [0.1, 0.15) is 43.0 Å². The normalized spacial score (nSPS) is 13.2. The van der Waals surface area contributed by atoms with Crippen molar-refractivity contribution < 1.29 is 13.2 Å². The fourth-order valence-corrected chi connectivity index (χ4v) is 1.31. The first-order valence-electron chi connectivity index (χ1n) is 4.87. The lowest BCUT2D eigenvalue weighted by molar-refractivity contribution is -0.137. The fraction of sp³-hybridized carbons (Fsp3) is 0.455. The molecule has 5 heteroatoms. The van der Waals surface area contributed by atoms with Crippen molar-refractivity contribution in [2.24, 2.45) is 0 Å². The number of rotatable bonds is 2. The minimum Gasteiger partial charge on any atom is -0.259 e. The van der Waals surface area contributed by atoms with E-state index in [2.05, 4.69) is 4.98 Å². The Balaban J connectivity index is 3.24. The summed E-state index contributed by atoms with van der Waals surface area (Å²) in [5.41, 5.74) is -0.446. The molecule has 0 aromatic carbocycles. The van der Waals surface area contributed by atoms with Gasteiger partial charge in [-0.3, -0.25) is 4.98 Å². The number of hydrogen-bond donors (Lipinski definition) is 0. The van der Waals surface area contributed by atoms with E-state index < -0.39 is 11.7 Å². The lowest BCUT2D eigenvalue weighted by Gasteiger charge is -2.12. The zero-order valence-corrected chi connectivity index (χ0v) is 8.97. The summed E-state index contributed by atoms with van der Waals surface area (Å²) in [5, 5.41) is 8.80. The van der Waals surface area contributed by atoms with Crippen LogP contribution < -0.4 is 0 Å². The van der Waals surface area contributed by atoms with Crippen LogP contribution in [-0.4, -0.2) is 4.98 Å². The molecule has 0 aliphatic carbocycles. The first-order chi connectivity index (χ1) is 7.40. The molecule has 0 aliphatic rings. The first kappa shape index (κ1) is 12.5. The molecule has 0 bridgehead atoms. The van der Waals surface area contributed by atoms with Gasteiger partial charge in [-0.05, 0) is 18.4 Å². The molecule has 0 fully saturated rings. The summed E-state index contributed by atoms with van der Waals surface area (Å²) in [6.07, 6.45) is -2.94. The van der Waals surface area contributed by atoms with E-state index in [-0.39, 0.29) is 11.5 Å². The maximum Gasteiger partial charge on any atom is 0.417 e. The van der Waals surface area contributed by atoms with Crippen molar-refractivity contribution in [2.75, 3.05) is 0 Å². The number of pyridine rings is 1. The molecule has 86 valence electrons. The molecule has 1 atom stereocenters. The molecule has 1 unspecified atom stereocenters. The van der Waals surface area contributed by atoms with Crippen molar-refractivity contribution in [1.29, 1.82) is 5.26 Å². The third kappa shape index (κ3) is 2.51. The van der Waals surface area contributed by atoms with Crippen LogP contribution in [0.25, 0.3) is 0 Å². The number of aromatic nitrogens is 1. The molecule has 1 rings (SSSR count). The Hall–Kier alpha value is -1.57. The van der Waals surface area contributed by atoms with Gasteiger partial charge in [0.15, 0.2) is 0 Å². The Morgan fingerprint density at radius 1 is 1.50 bits per heavy atom. The summed E-state index contributed by atoms with van der Waals surface area (Å²) in [4.78, 5) is 3.74. The monoisotopic (exact) mass is 228 g/mol. The summed E-state index contributed by atoms with van der Waals surface area (Å²) in [6.45, 7) is 3.72. The van der Waals surface area contributed by atoms with E-state index in [0.29, 0.717) is 5.69 Å². The molecule has 0 saturated heterocycles. The van der Waals surface area contributed by atoms with Gasteiger partial charge in [0.05, 0.1) is 16.8 Å². The number of nitrogens with zero attached hydrogens (tertiary/aromatic N) is 2. The van der Waals surface area contributed by atoms with E-state index in [4.69, 9.17) is 5.26 Å². The van der Waals surface area contributed by atoms with Gasteiger partial charge in [0.2, 0.25) is 0 Å². The quantitative estimate of drug-likeness (QED) is 0.776. The van der Waals surface area contributed by atoms with Gasteiger partial charge in [0.1, 0.15) is 6.07 Å². The van der Waals surface area contributed by atoms with E-state index in [1.165, 1.54) is 0 Å². The van der Waals surface area contributed by atoms with Crippen LogP contribution in [-0.2, 0) is 6.18 Å². The predicted octanol–water partition coefficient (Wildman–Crippen LogP) is 3.49. The second-order valence-corrected chi connectivity index (χ2v) is 3.58. The largest absolute Gasteiger partial charge is 0.417 e. The molecule has 2 nitrogen and oxygen atoms in total. The summed E-state index contributed by atoms with van der Waals surface area (Å²) in [5.74, 6) is -0.0167. The van der Waals surface area contributed by atoms with Crippen molar-refractivity contribution >= 4 is 0 Å². The third-order valence-corrected chi connectivity index (χ3v) is 2.45. The minimum atomic E-state index is -4.45. The maximum atomic E-state index is 12.4. The Morgan fingerprint density at radius 2 is 2.12 bits per heavy atom. The highest BCUT2D eigenvalue weighted by molar-refractivity contribution is 5.38. The number of halogens is 3. The van der Waals surface area contributed by atoms with Crippen molar-refractivity contribution in [2.45, 2.75) is 32.4 Å². The van der Waals surface area contributed by atoms with Crippen LogP contribution in [0.15, 0.2) is 12.3 Å². The van der Waals surface area contributed by atoms with E-state index in [0.717, 1.165) is 18.7 Å². The Labute approximate surface area is 91.7 Å². The van der Waals surface area contributed by atoms with Crippen LogP contribution in [0, 0.1) is 11.3 Å². The van der Waals surface area contributed by atoms with Crippen LogP contribution >= 0.6 is 0 Å². The Bertz CT molecular complexity index is 418. The predicted molar refractivity (Wildman–Crippen MR) is 52.7 cm³/mol. The lowest BCUT2D eigenvalue weighted by atomic mass is 9.99. The molecule has 0 N–H and O–H groups in total. The van der Waals surface area contributed by atoms with Gasteiger partial charge in [-0.2, -0.15) is 18.4 Å². The number of hydrogen-bond acceptors (Lipinski definition) is 2. The summed E-state index contributed by atoms with van der Waals surface area (Å²) in [7, 11) is 0. The van der Waals surface area contributed by atoms with Crippen molar-refractivity contribution in [3.05, 3.63) is 29.1 Å². The highest BCUT2D eigenvalue weighted by Gasteiger charge is 2.32. The van der Waals surface area contributed by atoms with E-state index in [1.54, 1.807) is 6.07 Å². The molecule has 1 heterocycles. The van der Waals surface area contributed by atoms with Crippen LogP contribution in [0.5, 0.6) is 0 Å². The number of alkyl halides is 3. The zero-order chi connectivity index (χ0) is 12.3. The molecule has 0 amide bonds. The van der Waals surface area contributed by atoms with Gasteiger partial charge < -0.3 is 0 Å². The SMILES string of the molecule is CCC(C)c1ncc(C(F)(F)F)cc1C#N. The van der Waals surface area contributed by atoms with Gasteiger partial charge in [-0.25, -0.2) is 0 Å². The molecule has 16 heavy (non-hydrogen) atoms. The lowest BCUT2D eigenvalue weighted by Crippen LogP contribution is -2.09. The van der Waals surface area contributed by atoms with Gasteiger partial charge in [-0.15, -0.1) is 0 Å². The minimum absolute atomic E-state index is 0.00387. The second kappa shape index (κ2) is 4.52. The highest BCUT2D eigenvalue weighted by atomic mass is 19.4. The third-order valence-electron chi connectivity index (χ3n) is 2.45. The summed E-state index contributed by atoms with van der Waals surface area (Å²) < 4.78 is 37.1. The second-order valence-electron chi connectivity index (χ2n) is 3.58. The molecule has 1 aromatic rings. The van der Waals surface area contributed by atoms with Crippen molar-refractivity contribution in [3.63, 3.8) is 0 Å². The molecule has 0 saturated carbocycles. The first-order valence-corrected chi connectivity index (χ1v) is 4.87. The fourth-order valence-electron chi connectivity index (χ4n) is 1.31. The highest BCUT2D eigenvalue weighted by Crippen LogP contribution is 2.31. The van der Waals surface area contributed by atoms with Gasteiger partial charge in [-0.1, -0.05) is 13.8 Å². The van der Waals surface area contributed by atoms with E-state index in [1.807, 2.05) is 13.8 Å². The molecule has 0 aliphatic heterocycles. The van der Waals surface area contributed by atoms with E-state index in [9.17, 15) is 13.2 Å². The molecular weight excluding hydrogens is 217 g/mol. The maximum absolute atomic E-state index is 12.4. The van der Waals surface area contributed by atoms with Crippen LogP contribution in [0.2, 0.25) is 0 Å². The molecular formula is C11H11F3N2. The molecule has 0 radical (unpaired) electrons. The summed E-state index contributed by atoms with van der Waals surface area (Å²) in [6, 6.07) is 2.62. The topological polar surface area (TPSA) is 36.7 Å². The average molecular weight is 228 g/mol. The van der Waals surface area contributed by atoms with Crippen LogP contribution in [0.4, 0.5) is 13.2 Å². The zero-order valence-electron chi connectivity index (χ0n) is 8.97. The standard InChI is InChI=1S/C11H11F3N2/c1-3-7(2)10-8(5-15)4-9(6-16-10)11(12,13)14/h4,6-7H,3H2,1-2H3. The molecule has 0 spiro atoms. The Kier molecular flexibility index (Phi) is 3.53.